The SMILES string of the molecule is CCC(=O)N[C@@H](C(=O)N1C[C@H](C)N(C(C)C)[C@@H](C)C1)[C@@H](C)c1ccc(CC(=O)[C@@H](NC(=O)c2nonc2CC)C2CCC(C)CC2)c(F)c1. The molecule has 5 atom stereocenters. The molecular weight excluding hydrogens is 627 g/mol. The highest BCUT2D eigenvalue weighted by atomic mass is 19.1. The molecule has 0 bridgehead atoms. The van der Waals surface area contributed by atoms with Crippen molar-refractivity contribution < 1.29 is 28.2 Å². The Bertz CT molecular complexity index is 1460. The van der Waals surface area contributed by atoms with Gasteiger partial charge in [0.25, 0.3) is 5.91 Å². The van der Waals surface area contributed by atoms with Gasteiger partial charge in [0.1, 0.15) is 17.6 Å². The minimum atomic E-state index is -0.878. The molecule has 11 nitrogen and oxygen atoms in total. The van der Waals surface area contributed by atoms with Crippen molar-refractivity contribution in [1.29, 1.82) is 0 Å². The first-order chi connectivity index (χ1) is 23.2. The molecule has 0 unspecified atom stereocenters. The third-order valence-corrected chi connectivity index (χ3v) is 10.5. The van der Waals surface area contributed by atoms with Crippen LogP contribution in [0.1, 0.15) is 121 Å². The van der Waals surface area contributed by atoms with Crippen molar-refractivity contribution in [2.45, 2.75) is 136 Å². The van der Waals surface area contributed by atoms with Crippen molar-refractivity contribution in [2.75, 3.05) is 13.1 Å². The van der Waals surface area contributed by atoms with Crippen LogP contribution in [-0.4, -0.2) is 86.9 Å². The van der Waals surface area contributed by atoms with E-state index in [0.29, 0.717) is 42.7 Å². The monoisotopic (exact) mass is 682 g/mol. The van der Waals surface area contributed by atoms with Gasteiger partial charge in [-0.25, -0.2) is 9.02 Å². The van der Waals surface area contributed by atoms with E-state index in [2.05, 4.69) is 60.5 Å². The largest absolute Gasteiger partial charge is 0.344 e. The first-order valence-electron chi connectivity index (χ1n) is 18.0. The fourth-order valence-corrected chi connectivity index (χ4v) is 7.79. The van der Waals surface area contributed by atoms with Gasteiger partial charge in [0.05, 0.1) is 6.04 Å². The molecule has 2 aromatic rings. The number of aryl methyl sites for hydroxylation is 1. The lowest BCUT2D eigenvalue weighted by molar-refractivity contribution is -0.141. The summed E-state index contributed by atoms with van der Waals surface area (Å²) in [5, 5.41) is 13.3. The Morgan fingerprint density at radius 3 is 2.18 bits per heavy atom. The maximum atomic E-state index is 15.8. The van der Waals surface area contributed by atoms with Crippen LogP contribution >= 0.6 is 0 Å². The van der Waals surface area contributed by atoms with Gasteiger partial charge in [0.15, 0.2) is 11.5 Å². The molecule has 1 aliphatic heterocycles. The zero-order chi connectivity index (χ0) is 36.0. The number of rotatable bonds is 13. The number of amides is 3. The van der Waals surface area contributed by atoms with E-state index in [4.69, 9.17) is 4.63 Å². The molecule has 2 N–H and O–H groups in total. The average Bonchev–Trinajstić information content (AvgIpc) is 3.55. The molecule has 0 spiro atoms. The van der Waals surface area contributed by atoms with E-state index in [1.165, 1.54) is 6.07 Å². The second-order valence-corrected chi connectivity index (χ2v) is 14.5. The molecule has 1 saturated carbocycles. The summed E-state index contributed by atoms with van der Waals surface area (Å²) in [6.45, 7) is 17.1. The molecule has 0 radical (unpaired) electrons. The number of nitrogens with one attached hydrogen (secondary N) is 2. The second kappa shape index (κ2) is 16.8. The van der Waals surface area contributed by atoms with E-state index in [1.54, 1.807) is 19.1 Å². The molecule has 2 fully saturated rings. The maximum absolute atomic E-state index is 15.8. The number of carbonyl (C=O) groups excluding carboxylic acids is 4. The molecule has 49 heavy (non-hydrogen) atoms. The van der Waals surface area contributed by atoms with Crippen LogP contribution in [0.15, 0.2) is 22.8 Å². The van der Waals surface area contributed by atoms with Gasteiger partial charge < -0.3 is 15.5 Å². The van der Waals surface area contributed by atoms with E-state index < -0.39 is 29.7 Å². The van der Waals surface area contributed by atoms with E-state index in [1.807, 2.05) is 18.7 Å². The van der Waals surface area contributed by atoms with Gasteiger partial charge in [0.2, 0.25) is 11.8 Å². The predicted molar refractivity (Wildman–Crippen MR) is 184 cm³/mol. The zero-order valence-electron chi connectivity index (χ0n) is 30.4. The predicted octanol–water partition coefficient (Wildman–Crippen LogP) is 4.84. The molecule has 12 heteroatoms. The Kier molecular flexibility index (Phi) is 13.1. The summed E-state index contributed by atoms with van der Waals surface area (Å²) in [4.78, 5) is 57.8. The summed E-state index contributed by atoms with van der Waals surface area (Å²) in [6.07, 6.45) is 3.89. The first kappa shape index (κ1) is 38.1. The van der Waals surface area contributed by atoms with Crippen LogP contribution in [0.25, 0.3) is 0 Å². The molecule has 1 saturated heterocycles. The van der Waals surface area contributed by atoms with Gasteiger partial charge in [-0.2, -0.15) is 0 Å². The number of Topliss-reactive ketones (excluding diaryl/α,β-unsaturated/α-hetero) is 1. The van der Waals surface area contributed by atoms with Crippen LogP contribution in [-0.2, 0) is 27.2 Å². The van der Waals surface area contributed by atoms with Gasteiger partial charge in [0, 0.05) is 50.0 Å². The highest BCUT2D eigenvalue weighted by Gasteiger charge is 2.39. The second-order valence-electron chi connectivity index (χ2n) is 14.5. The lowest BCUT2D eigenvalue weighted by atomic mass is 9.77. The van der Waals surface area contributed by atoms with Crippen LogP contribution in [0.3, 0.4) is 0 Å². The number of hydrogen-bond acceptors (Lipinski definition) is 8. The summed E-state index contributed by atoms with van der Waals surface area (Å²) < 4.78 is 20.6. The Balaban J connectivity index is 1.53. The molecule has 1 aliphatic carbocycles. The smallest absolute Gasteiger partial charge is 0.276 e. The Hall–Kier alpha value is -3.67. The Morgan fingerprint density at radius 1 is 0.959 bits per heavy atom. The number of halogens is 1. The first-order valence-corrected chi connectivity index (χ1v) is 18.0. The molecule has 4 rings (SSSR count). The van der Waals surface area contributed by atoms with Crippen molar-refractivity contribution in [3.8, 4) is 0 Å². The number of nitrogens with zero attached hydrogens (tertiary/aromatic N) is 4. The topological polar surface area (TPSA) is 138 Å². The van der Waals surface area contributed by atoms with Crippen LogP contribution in [0, 0.1) is 17.7 Å². The maximum Gasteiger partial charge on any atom is 0.276 e. The van der Waals surface area contributed by atoms with Crippen LogP contribution < -0.4 is 10.6 Å². The summed E-state index contributed by atoms with van der Waals surface area (Å²) in [7, 11) is 0. The highest BCUT2D eigenvalue weighted by Crippen LogP contribution is 2.32. The number of aromatic nitrogens is 2. The number of benzene rings is 1. The number of hydrogen-bond donors (Lipinski definition) is 2. The quantitative estimate of drug-likeness (QED) is 0.307. The van der Waals surface area contributed by atoms with Crippen molar-refractivity contribution in [3.05, 3.63) is 46.5 Å². The number of carbonyl (C=O) groups is 4. The van der Waals surface area contributed by atoms with Crippen molar-refractivity contribution >= 4 is 23.5 Å². The van der Waals surface area contributed by atoms with Gasteiger partial charge in [-0.1, -0.05) is 57.8 Å². The molecule has 270 valence electrons. The van der Waals surface area contributed by atoms with Crippen LogP contribution in [0.2, 0.25) is 0 Å². The average molecular weight is 683 g/mol. The summed E-state index contributed by atoms with van der Waals surface area (Å²) in [5.74, 6) is -1.91. The lowest BCUT2D eigenvalue weighted by Crippen LogP contribution is -2.63. The fourth-order valence-electron chi connectivity index (χ4n) is 7.79. The minimum absolute atomic E-state index is 0.0546. The Labute approximate surface area is 290 Å². The summed E-state index contributed by atoms with van der Waals surface area (Å²) in [6, 6.07) is 3.59. The van der Waals surface area contributed by atoms with Gasteiger partial charge >= 0.3 is 0 Å². The van der Waals surface area contributed by atoms with Gasteiger partial charge in [-0.15, -0.1) is 0 Å². The molecule has 2 heterocycles. The van der Waals surface area contributed by atoms with E-state index in [0.717, 1.165) is 25.7 Å². The molecular formula is C37H55FN6O5. The van der Waals surface area contributed by atoms with E-state index in [9.17, 15) is 19.2 Å². The fraction of sp³-hybridized carbons (Fsp3) is 0.676. The molecule has 3 amide bonds. The number of piperazine rings is 1. The minimum Gasteiger partial charge on any atom is -0.344 e. The summed E-state index contributed by atoms with van der Waals surface area (Å²) in [5.41, 5.74) is 1.21. The highest BCUT2D eigenvalue weighted by molar-refractivity contribution is 5.97. The third-order valence-electron chi connectivity index (χ3n) is 10.5. The summed E-state index contributed by atoms with van der Waals surface area (Å²) >= 11 is 0. The Morgan fingerprint density at radius 2 is 1.61 bits per heavy atom. The normalized spacial score (nSPS) is 23.5. The molecule has 2 aliphatic rings. The van der Waals surface area contributed by atoms with Gasteiger partial charge in [-0.3, -0.25) is 24.1 Å². The third kappa shape index (κ3) is 9.12. The van der Waals surface area contributed by atoms with E-state index in [-0.39, 0.29) is 59.7 Å². The lowest BCUT2D eigenvalue weighted by Gasteiger charge is -2.47. The molecule has 1 aromatic carbocycles. The molecule has 1 aromatic heterocycles. The van der Waals surface area contributed by atoms with Crippen molar-refractivity contribution in [2.24, 2.45) is 11.8 Å². The van der Waals surface area contributed by atoms with E-state index >= 15 is 4.39 Å². The van der Waals surface area contributed by atoms with Crippen LogP contribution in [0.5, 0.6) is 0 Å². The zero-order valence-corrected chi connectivity index (χ0v) is 30.4. The standard InChI is InChI=1S/C37H55FN6O5/c1-9-30-35(42-49-41-30)36(47)40-34(26-13-11-22(5)12-14-26)31(45)18-28-16-15-27(17-29(28)38)25(8)33(39-32(46)10-2)37(48)43-19-23(6)44(21(3)4)24(7)20-43/h15-17,21-26,33-34H,9-14,18-20H2,1-8H3,(H,39,46)(H,40,47)/t22?,23-,24-,25-,26?,33+,34-/m0/s1. The number of ketones is 1. The van der Waals surface area contributed by atoms with Gasteiger partial charge in [-0.05, 0) is 81.1 Å². The van der Waals surface area contributed by atoms with Crippen molar-refractivity contribution in [3.63, 3.8) is 0 Å². The van der Waals surface area contributed by atoms with Crippen molar-refractivity contribution in [1.82, 2.24) is 30.7 Å². The van der Waals surface area contributed by atoms with Crippen LogP contribution in [0.4, 0.5) is 4.39 Å².